The summed E-state index contributed by atoms with van der Waals surface area (Å²) < 4.78 is 2.34. The fourth-order valence-electron chi connectivity index (χ4n) is 5.31. The molecule has 0 spiro atoms. The van der Waals surface area contributed by atoms with Crippen LogP contribution in [0.1, 0.15) is 41.8 Å². The maximum atomic E-state index is 14.1. The topological polar surface area (TPSA) is 37.6 Å². The number of amides is 1. The van der Waals surface area contributed by atoms with Crippen molar-refractivity contribution in [2.24, 2.45) is 4.99 Å². The van der Waals surface area contributed by atoms with Crippen LogP contribution in [0.2, 0.25) is 0 Å². The fraction of sp³-hybridized carbons (Fsp3) is 0.167. The molecule has 1 aliphatic rings. The number of nitrogens with zero attached hydrogens (tertiary/aromatic N) is 3. The number of rotatable bonds is 7. The van der Waals surface area contributed by atoms with E-state index in [2.05, 4.69) is 104 Å². The molecule has 0 unspecified atom stereocenters. The Morgan fingerprint density at radius 2 is 1.39 bits per heavy atom. The number of aliphatic imine (C=N–C) groups is 1. The van der Waals surface area contributed by atoms with Crippen LogP contribution < -0.4 is 4.90 Å². The number of amidine groups is 1. The second kappa shape index (κ2) is 11.6. The number of benzene rings is 4. The van der Waals surface area contributed by atoms with E-state index < -0.39 is 0 Å². The van der Waals surface area contributed by atoms with E-state index in [4.69, 9.17) is 4.99 Å². The van der Waals surface area contributed by atoms with Crippen molar-refractivity contribution in [3.05, 3.63) is 136 Å². The second-order valence-corrected chi connectivity index (χ2v) is 11.3. The summed E-state index contributed by atoms with van der Waals surface area (Å²) in [4.78, 5) is 21.4. The highest BCUT2D eigenvalue weighted by Gasteiger charge is 2.35. The van der Waals surface area contributed by atoms with Crippen molar-refractivity contribution in [1.82, 2.24) is 4.57 Å². The number of aromatic nitrogens is 1. The molecule has 0 N–H and O–H groups in total. The first-order valence-corrected chi connectivity index (χ1v) is 15.0. The molecule has 1 aromatic heterocycles. The van der Waals surface area contributed by atoms with Crippen molar-refractivity contribution < 1.29 is 4.79 Å². The van der Waals surface area contributed by atoms with Crippen LogP contribution in [0.5, 0.6) is 0 Å². The lowest BCUT2D eigenvalue weighted by Gasteiger charge is -2.16. The quantitative estimate of drug-likeness (QED) is 0.188. The van der Waals surface area contributed by atoms with E-state index in [0.29, 0.717) is 10.1 Å². The zero-order valence-electron chi connectivity index (χ0n) is 23.7. The molecule has 5 aromatic rings. The summed E-state index contributed by atoms with van der Waals surface area (Å²) in [7, 11) is 0. The average Bonchev–Trinajstić information content (AvgIpc) is 3.46. The lowest BCUT2D eigenvalue weighted by atomic mass is 10.1. The van der Waals surface area contributed by atoms with Gasteiger partial charge >= 0.3 is 0 Å². The highest BCUT2D eigenvalue weighted by atomic mass is 32.2. The SMILES string of the molecule is CCc1ccc(N=C2S/C(=C\c3c(C)n(Cc4ccccc4)c4ccccc34)C(=O)N2c2ccc(CC)cc2)cc1. The van der Waals surface area contributed by atoms with Crippen molar-refractivity contribution >= 4 is 51.2 Å². The zero-order valence-corrected chi connectivity index (χ0v) is 24.5. The maximum absolute atomic E-state index is 14.1. The molecule has 5 heteroatoms. The molecule has 1 fully saturated rings. The molecule has 4 nitrogen and oxygen atoms in total. The standard InChI is InChI=1S/C36H33N3OS/c1-4-26-15-19-29(20-16-26)37-36-39(30-21-17-27(5-2)18-22-30)35(40)34(41-36)23-32-25(3)38(24-28-11-7-6-8-12-28)33-14-10-9-13-31(32)33/h6-23H,4-5,24H2,1-3H3/b34-23-,37-36?. The number of hydrogen-bond acceptors (Lipinski definition) is 3. The molecule has 0 saturated carbocycles. The van der Waals surface area contributed by atoms with Gasteiger partial charge in [-0.25, -0.2) is 4.99 Å². The van der Waals surface area contributed by atoms with E-state index >= 15 is 0 Å². The smallest absolute Gasteiger partial charge is 0.271 e. The van der Waals surface area contributed by atoms with Gasteiger partial charge in [-0.1, -0.05) is 86.6 Å². The van der Waals surface area contributed by atoms with Crippen LogP contribution in [-0.4, -0.2) is 15.6 Å². The lowest BCUT2D eigenvalue weighted by Crippen LogP contribution is -2.28. The summed E-state index contributed by atoms with van der Waals surface area (Å²) in [6, 6.07) is 35.4. The van der Waals surface area contributed by atoms with Gasteiger partial charge in [0.2, 0.25) is 0 Å². The monoisotopic (exact) mass is 555 g/mol. The Bertz CT molecular complexity index is 1760. The molecule has 2 heterocycles. The highest BCUT2D eigenvalue weighted by Crippen LogP contribution is 2.39. The third-order valence-corrected chi connectivity index (χ3v) is 8.69. The van der Waals surface area contributed by atoms with E-state index in [1.165, 1.54) is 28.5 Å². The van der Waals surface area contributed by atoms with Gasteiger partial charge in [-0.05, 0) is 84.6 Å². The molecule has 6 rings (SSSR count). The lowest BCUT2D eigenvalue weighted by molar-refractivity contribution is -0.113. The van der Waals surface area contributed by atoms with Gasteiger partial charge in [-0.2, -0.15) is 0 Å². The minimum Gasteiger partial charge on any atom is -0.340 e. The summed E-state index contributed by atoms with van der Waals surface area (Å²) in [6.45, 7) is 7.19. The molecule has 0 radical (unpaired) electrons. The summed E-state index contributed by atoms with van der Waals surface area (Å²) in [5, 5.41) is 1.81. The Morgan fingerprint density at radius 1 is 0.756 bits per heavy atom. The Balaban J connectivity index is 1.44. The van der Waals surface area contributed by atoms with Gasteiger partial charge in [0, 0.05) is 28.7 Å². The summed E-state index contributed by atoms with van der Waals surface area (Å²) in [5.41, 5.74) is 8.77. The van der Waals surface area contributed by atoms with E-state index in [1.54, 1.807) is 4.90 Å². The van der Waals surface area contributed by atoms with Gasteiger partial charge in [-0.3, -0.25) is 9.69 Å². The van der Waals surface area contributed by atoms with E-state index in [-0.39, 0.29) is 5.91 Å². The van der Waals surface area contributed by atoms with Crippen molar-refractivity contribution in [2.45, 2.75) is 40.2 Å². The highest BCUT2D eigenvalue weighted by molar-refractivity contribution is 8.19. The number of anilines is 1. The minimum atomic E-state index is -0.0533. The van der Waals surface area contributed by atoms with Crippen LogP contribution in [0.3, 0.4) is 0 Å². The van der Waals surface area contributed by atoms with Gasteiger partial charge in [0.1, 0.15) is 0 Å². The molecule has 1 saturated heterocycles. The molecule has 0 aliphatic carbocycles. The first-order chi connectivity index (χ1) is 20.1. The Labute approximate surface area is 246 Å². The average molecular weight is 556 g/mol. The number of fused-ring (bicyclic) bond motifs is 1. The molecular weight excluding hydrogens is 522 g/mol. The van der Waals surface area contributed by atoms with E-state index in [9.17, 15) is 4.79 Å². The predicted octanol–water partition coefficient (Wildman–Crippen LogP) is 8.93. The van der Waals surface area contributed by atoms with Gasteiger partial charge in [0.25, 0.3) is 5.91 Å². The Kier molecular flexibility index (Phi) is 7.62. The second-order valence-electron chi connectivity index (χ2n) is 10.3. The normalized spacial score (nSPS) is 15.5. The van der Waals surface area contributed by atoms with Crippen molar-refractivity contribution in [3.63, 3.8) is 0 Å². The predicted molar refractivity (Wildman–Crippen MR) is 174 cm³/mol. The largest absolute Gasteiger partial charge is 0.340 e. The molecule has 1 aliphatic heterocycles. The fourth-order valence-corrected chi connectivity index (χ4v) is 6.30. The molecule has 0 bridgehead atoms. The third-order valence-electron chi connectivity index (χ3n) is 7.72. The summed E-state index contributed by atoms with van der Waals surface area (Å²) in [5.74, 6) is -0.0533. The number of aryl methyl sites for hydroxylation is 2. The minimum absolute atomic E-state index is 0.0533. The van der Waals surface area contributed by atoms with Crippen LogP contribution in [0.25, 0.3) is 17.0 Å². The van der Waals surface area contributed by atoms with Gasteiger partial charge in [0.05, 0.1) is 16.3 Å². The van der Waals surface area contributed by atoms with Gasteiger partial charge < -0.3 is 4.57 Å². The van der Waals surface area contributed by atoms with E-state index in [1.807, 2.05) is 30.3 Å². The first-order valence-electron chi connectivity index (χ1n) is 14.2. The molecule has 4 aromatic carbocycles. The number of thioether (sulfide) groups is 1. The Morgan fingerprint density at radius 3 is 2.07 bits per heavy atom. The number of carbonyl (C=O) groups is 1. The molecule has 41 heavy (non-hydrogen) atoms. The van der Waals surface area contributed by atoms with Gasteiger partial charge in [0.15, 0.2) is 5.17 Å². The van der Waals surface area contributed by atoms with Crippen molar-refractivity contribution in [1.29, 1.82) is 0 Å². The Hall–Kier alpha value is -4.35. The van der Waals surface area contributed by atoms with Crippen LogP contribution in [0, 0.1) is 6.92 Å². The molecule has 204 valence electrons. The van der Waals surface area contributed by atoms with Gasteiger partial charge in [-0.15, -0.1) is 0 Å². The third kappa shape index (κ3) is 5.38. The number of hydrogen-bond donors (Lipinski definition) is 0. The first kappa shape index (κ1) is 26.9. The number of para-hydroxylation sites is 1. The molecule has 1 amide bonds. The van der Waals surface area contributed by atoms with Crippen LogP contribution in [0.4, 0.5) is 11.4 Å². The van der Waals surface area contributed by atoms with Crippen LogP contribution >= 0.6 is 11.8 Å². The van der Waals surface area contributed by atoms with Crippen molar-refractivity contribution in [3.8, 4) is 0 Å². The van der Waals surface area contributed by atoms with Crippen molar-refractivity contribution in [2.75, 3.05) is 4.90 Å². The summed E-state index contributed by atoms with van der Waals surface area (Å²) >= 11 is 1.44. The summed E-state index contributed by atoms with van der Waals surface area (Å²) in [6.07, 6.45) is 3.98. The molecule has 0 atom stereocenters. The molecular formula is C36H33N3OS. The van der Waals surface area contributed by atoms with Crippen LogP contribution in [0.15, 0.2) is 113 Å². The van der Waals surface area contributed by atoms with E-state index in [0.717, 1.165) is 52.9 Å². The zero-order chi connectivity index (χ0) is 28.3. The maximum Gasteiger partial charge on any atom is 0.271 e. The number of carbonyl (C=O) groups excluding carboxylic acids is 1. The van der Waals surface area contributed by atoms with Crippen LogP contribution in [-0.2, 0) is 24.2 Å².